The number of non-ortho nitro benzene ring substituents is 1. The number of nitro groups is 1. The molecule has 1 fully saturated rings. The highest BCUT2D eigenvalue weighted by molar-refractivity contribution is 5.81. The third kappa shape index (κ3) is 2.33. The van der Waals surface area contributed by atoms with E-state index in [1.54, 1.807) is 17.0 Å². The van der Waals surface area contributed by atoms with Crippen LogP contribution in [-0.2, 0) is 11.3 Å². The lowest BCUT2D eigenvalue weighted by atomic mass is 10.2. The molecule has 0 radical (unpaired) electrons. The van der Waals surface area contributed by atoms with Gasteiger partial charge in [0.15, 0.2) is 0 Å². The van der Waals surface area contributed by atoms with E-state index in [2.05, 4.69) is 6.58 Å². The summed E-state index contributed by atoms with van der Waals surface area (Å²) in [6, 6.07) is 6.21. The average molecular weight is 232 g/mol. The van der Waals surface area contributed by atoms with Crippen molar-refractivity contribution >= 4 is 11.6 Å². The van der Waals surface area contributed by atoms with Gasteiger partial charge >= 0.3 is 0 Å². The first-order valence-corrected chi connectivity index (χ1v) is 5.29. The van der Waals surface area contributed by atoms with Crippen molar-refractivity contribution in [1.29, 1.82) is 0 Å². The Balaban J connectivity index is 2.11. The summed E-state index contributed by atoms with van der Waals surface area (Å²) >= 11 is 0. The Morgan fingerprint density at radius 3 is 2.41 bits per heavy atom. The normalized spacial score (nSPS) is 15.4. The molecule has 1 aromatic rings. The highest BCUT2D eigenvalue weighted by Gasteiger charge is 2.23. The Labute approximate surface area is 98.5 Å². The average Bonchev–Trinajstić information content (AvgIpc) is 2.61. The summed E-state index contributed by atoms with van der Waals surface area (Å²) in [6.07, 6.45) is 1.21. The van der Waals surface area contributed by atoms with E-state index in [9.17, 15) is 14.9 Å². The van der Waals surface area contributed by atoms with Crippen LogP contribution in [0.5, 0.6) is 0 Å². The summed E-state index contributed by atoms with van der Waals surface area (Å²) in [7, 11) is 0. The van der Waals surface area contributed by atoms with Gasteiger partial charge in [0, 0.05) is 24.3 Å². The van der Waals surface area contributed by atoms with E-state index in [1.807, 2.05) is 0 Å². The van der Waals surface area contributed by atoms with Gasteiger partial charge in [-0.1, -0.05) is 18.7 Å². The molecule has 0 spiro atoms. The molecule has 88 valence electrons. The van der Waals surface area contributed by atoms with Gasteiger partial charge in [0.05, 0.1) is 11.5 Å². The summed E-state index contributed by atoms with van der Waals surface area (Å²) in [5, 5.41) is 10.5. The van der Waals surface area contributed by atoms with Crippen LogP contribution in [0.1, 0.15) is 18.4 Å². The van der Waals surface area contributed by atoms with Gasteiger partial charge in [-0.2, -0.15) is 0 Å². The molecule has 0 aromatic heterocycles. The maximum Gasteiger partial charge on any atom is 0.269 e. The Bertz CT molecular complexity index is 463. The van der Waals surface area contributed by atoms with E-state index in [0.29, 0.717) is 19.4 Å². The molecule has 0 unspecified atom stereocenters. The predicted molar refractivity (Wildman–Crippen MR) is 62.0 cm³/mol. The fourth-order valence-electron chi connectivity index (χ4n) is 1.80. The first-order chi connectivity index (χ1) is 8.08. The zero-order chi connectivity index (χ0) is 12.4. The lowest BCUT2D eigenvalue weighted by Crippen LogP contribution is -2.22. The molecule has 17 heavy (non-hydrogen) atoms. The van der Waals surface area contributed by atoms with E-state index in [4.69, 9.17) is 0 Å². The third-order valence-electron chi connectivity index (χ3n) is 2.80. The highest BCUT2D eigenvalue weighted by atomic mass is 16.6. The summed E-state index contributed by atoms with van der Waals surface area (Å²) in [4.78, 5) is 23.2. The SMILES string of the molecule is C=C1CCC(=O)N1Cc1ccc([N+](=O)[O-])cc1. The molecular formula is C12H12N2O3. The Kier molecular flexibility index (Phi) is 2.91. The zero-order valence-electron chi connectivity index (χ0n) is 9.26. The smallest absolute Gasteiger partial charge is 0.269 e. The summed E-state index contributed by atoms with van der Waals surface area (Å²) in [5.74, 6) is 0.0633. The number of carbonyl (C=O) groups is 1. The van der Waals surface area contributed by atoms with Crippen LogP contribution in [0.3, 0.4) is 0 Å². The second-order valence-corrected chi connectivity index (χ2v) is 3.97. The highest BCUT2D eigenvalue weighted by Crippen LogP contribution is 2.23. The van der Waals surface area contributed by atoms with Crippen LogP contribution >= 0.6 is 0 Å². The van der Waals surface area contributed by atoms with Gasteiger partial charge in [0.25, 0.3) is 5.69 Å². The summed E-state index contributed by atoms with van der Waals surface area (Å²) in [5.41, 5.74) is 1.74. The van der Waals surface area contributed by atoms with Crippen molar-refractivity contribution in [2.75, 3.05) is 0 Å². The number of likely N-dealkylation sites (tertiary alicyclic amines) is 1. The van der Waals surface area contributed by atoms with Gasteiger partial charge in [-0.3, -0.25) is 14.9 Å². The van der Waals surface area contributed by atoms with Gasteiger partial charge in [0.1, 0.15) is 0 Å². The Hall–Kier alpha value is -2.17. The van der Waals surface area contributed by atoms with E-state index in [1.165, 1.54) is 12.1 Å². The molecule has 0 N–H and O–H groups in total. The van der Waals surface area contributed by atoms with Crippen LogP contribution in [-0.4, -0.2) is 15.7 Å². The fourth-order valence-corrected chi connectivity index (χ4v) is 1.80. The molecule has 0 atom stereocenters. The van der Waals surface area contributed by atoms with Gasteiger partial charge in [-0.15, -0.1) is 0 Å². The number of amides is 1. The molecule has 1 aliphatic heterocycles. The van der Waals surface area contributed by atoms with Crippen LogP contribution in [0.4, 0.5) is 5.69 Å². The van der Waals surface area contributed by atoms with Gasteiger partial charge in [-0.05, 0) is 12.0 Å². The predicted octanol–water partition coefficient (Wildman–Crippen LogP) is 2.23. The number of benzene rings is 1. The zero-order valence-corrected chi connectivity index (χ0v) is 9.26. The molecule has 0 bridgehead atoms. The maximum atomic E-state index is 11.5. The lowest BCUT2D eigenvalue weighted by Gasteiger charge is -2.16. The molecule has 2 rings (SSSR count). The van der Waals surface area contributed by atoms with Crippen LogP contribution in [0, 0.1) is 10.1 Å². The number of rotatable bonds is 3. The van der Waals surface area contributed by atoms with Crippen molar-refractivity contribution in [3.8, 4) is 0 Å². The molecular weight excluding hydrogens is 220 g/mol. The Morgan fingerprint density at radius 2 is 1.94 bits per heavy atom. The van der Waals surface area contributed by atoms with Gasteiger partial charge < -0.3 is 4.90 Å². The van der Waals surface area contributed by atoms with E-state index >= 15 is 0 Å². The largest absolute Gasteiger partial charge is 0.312 e. The van der Waals surface area contributed by atoms with Crippen LogP contribution in [0.2, 0.25) is 0 Å². The second kappa shape index (κ2) is 4.37. The van der Waals surface area contributed by atoms with Gasteiger partial charge in [0.2, 0.25) is 5.91 Å². The minimum absolute atomic E-state index is 0.0559. The first-order valence-electron chi connectivity index (χ1n) is 5.29. The molecule has 1 amide bonds. The number of carbonyl (C=O) groups excluding carboxylic acids is 1. The monoisotopic (exact) mass is 232 g/mol. The standard InChI is InChI=1S/C12H12N2O3/c1-9-2-7-12(15)13(9)8-10-3-5-11(6-4-10)14(16)17/h3-6H,1-2,7-8H2. The molecule has 1 aromatic carbocycles. The quantitative estimate of drug-likeness (QED) is 0.593. The number of nitro benzene ring substituents is 1. The molecule has 0 saturated carbocycles. The lowest BCUT2D eigenvalue weighted by molar-refractivity contribution is -0.384. The summed E-state index contributed by atoms with van der Waals surface area (Å²) in [6.45, 7) is 4.26. The van der Waals surface area contributed by atoms with E-state index < -0.39 is 4.92 Å². The summed E-state index contributed by atoms with van der Waals surface area (Å²) < 4.78 is 0. The van der Waals surface area contributed by atoms with Crippen LogP contribution in [0.25, 0.3) is 0 Å². The molecule has 5 heteroatoms. The number of allylic oxidation sites excluding steroid dienone is 1. The number of nitrogens with zero attached hydrogens (tertiary/aromatic N) is 2. The van der Waals surface area contributed by atoms with Crippen molar-refractivity contribution in [2.45, 2.75) is 19.4 Å². The molecule has 1 aliphatic rings. The minimum Gasteiger partial charge on any atom is -0.312 e. The topological polar surface area (TPSA) is 63.5 Å². The van der Waals surface area contributed by atoms with Crippen molar-refractivity contribution in [3.63, 3.8) is 0 Å². The first kappa shape index (κ1) is 11.3. The van der Waals surface area contributed by atoms with E-state index in [-0.39, 0.29) is 11.6 Å². The maximum absolute atomic E-state index is 11.5. The number of hydrogen-bond acceptors (Lipinski definition) is 3. The molecule has 5 nitrogen and oxygen atoms in total. The van der Waals surface area contributed by atoms with Gasteiger partial charge in [-0.25, -0.2) is 0 Å². The fraction of sp³-hybridized carbons (Fsp3) is 0.250. The molecule has 1 heterocycles. The molecule has 1 saturated heterocycles. The van der Waals surface area contributed by atoms with Crippen LogP contribution in [0.15, 0.2) is 36.5 Å². The Morgan fingerprint density at radius 1 is 1.29 bits per heavy atom. The minimum atomic E-state index is -0.441. The molecule has 0 aliphatic carbocycles. The van der Waals surface area contributed by atoms with Crippen molar-refractivity contribution < 1.29 is 9.72 Å². The number of hydrogen-bond donors (Lipinski definition) is 0. The van der Waals surface area contributed by atoms with Crippen molar-refractivity contribution in [3.05, 3.63) is 52.2 Å². The van der Waals surface area contributed by atoms with Crippen LogP contribution < -0.4 is 0 Å². The van der Waals surface area contributed by atoms with Crippen molar-refractivity contribution in [2.24, 2.45) is 0 Å². The van der Waals surface area contributed by atoms with Crippen molar-refractivity contribution in [1.82, 2.24) is 4.90 Å². The van der Waals surface area contributed by atoms with E-state index in [0.717, 1.165) is 11.3 Å². The third-order valence-corrected chi connectivity index (χ3v) is 2.80. The second-order valence-electron chi connectivity index (χ2n) is 3.97.